The number of nitro groups is 1. The highest BCUT2D eigenvalue weighted by Crippen LogP contribution is 2.25. The summed E-state index contributed by atoms with van der Waals surface area (Å²) in [5.41, 5.74) is 4.12. The third-order valence-corrected chi connectivity index (χ3v) is 4.22. The van der Waals surface area contributed by atoms with Crippen molar-refractivity contribution < 1.29 is 4.92 Å². The minimum Gasteiger partial charge on any atom is -0.258 e. The maximum Gasteiger partial charge on any atom is 0.269 e. The molecule has 6 nitrogen and oxygen atoms in total. The van der Waals surface area contributed by atoms with Crippen molar-refractivity contribution in [3.05, 3.63) is 107 Å². The van der Waals surface area contributed by atoms with Gasteiger partial charge in [-0.25, -0.2) is 4.68 Å². The van der Waals surface area contributed by atoms with Gasteiger partial charge in [0.25, 0.3) is 5.69 Å². The van der Waals surface area contributed by atoms with Crippen molar-refractivity contribution in [1.82, 2.24) is 9.78 Å². The van der Waals surface area contributed by atoms with E-state index in [9.17, 15) is 10.1 Å². The second kappa shape index (κ2) is 7.67. The first-order chi connectivity index (χ1) is 13.7. The summed E-state index contributed by atoms with van der Waals surface area (Å²) in [7, 11) is 0. The number of hydrogen-bond donors (Lipinski definition) is 0. The van der Waals surface area contributed by atoms with Crippen LogP contribution < -0.4 is 0 Å². The molecular weight excluding hydrogens is 352 g/mol. The van der Waals surface area contributed by atoms with Crippen molar-refractivity contribution in [2.24, 2.45) is 4.99 Å². The molecule has 0 aliphatic rings. The Morgan fingerprint density at radius 3 is 2.18 bits per heavy atom. The summed E-state index contributed by atoms with van der Waals surface area (Å²) >= 11 is 0. The van der Waals surface area contributed by atoms with Crippen molar-refractivity contribution in [3.63, 3.8) is 0 Å². The van der Waals surface area contributed by atoms with Crippen LogP contribution in [0, 0.1) is 10.1 Å². The number of para-hydroxylation sites is 2. The molecule has 0 spiro atoms. The largest absolute Gasteiger partial charge is 0.269 e. The number of nitro benzene ring substituents is 1. The van der Waals surface area contributed by atoms with Crippen LogP contribution in [0.15, 0.2) is 96.1 Å². The van der Waals surface area contributed by atoms with Gasteiger partial charge < -0.3 is 0 Å². The Labute approximate surface area is 161 Å². The molecule has 0 amide bonds. The summed E-state index contributed by atoms with van der Waals surface area (Å²) in [6.45, 7) is 0. The van der Waals surface area contributed by atoms with Gasteiger partial charge in [-0.3, -0.25) is 15.1 Å². The molecule has 4 aromatic rings. The van der Waals surface area contributed by atoms with Gasteiger partial charge in [0.15, 0.2) is 0 Å². The summed E-state index contributed by atoms with van der Waals surface area (Å²) in [5.74, 6) is 0. The third kappa shape index (κ3) is 3.71. The Bertz CT molecular complexity index is 1120. The molecule has 0 unspecified atom stereocenters. The Hall–Kier alpha value is -4.06. The number of aromatic nitrogens is 2. The molecule has 1 heterocycles. The number of rotatable bonds is 5. The molecule has 0 aliphatic heterocycles. The second-order valence-corrected chi connectivity index (χ2v) is 6.11. The van der Waals surface area contributed by atoms with Crippen molar-refractivity contribution in [2.75, 3.05) is 0 Å². The van der Waals surface area contributed by atoms with Gasteiger partial charge in [0.05, 0.1) is 16.3 Å². The summed E-state index contributed by atoms with van der Waals surface area (Å²) in [4.78, 5) is 15.0. The van der Waals surface area contributed by atoms with Gasteiger partial charge in [-0.1, -0.05) is 36.4 Å². The number of hydrogen-bond acceptors (Lipinski definition) is 4. The van der Waals surface area contributed by atoms with E-state index in [4.69, 9.17) is 5.10 Å². The van der Waals surface area contributed by atoms with Gasteiger partial charge in [0.1, 0.15) is 5.69 Å². The lowest BCUT2D eigenvalue weighted by atomic mass is 10.1. The predicted molar refractivity (Wildman–Crippen MR) is 109 cm³/mol. The molecule has 0 radical (unpaired) electrons. The topological polar surface area (TPSA) is 73.3 Å². The summed E-state index contributed by atoms with van der Waals surface area (Å²) < 4.78 is 1.78. The summed E-state index contributed by atoms with van der Waals surface area (Å²) in [6, 6.07) is 25.8. The van der Waals surface area contributed by atoms with Crippen LogP contribution in [-0.4, -0.2) is 20.9 Å². The first kappa shape index (κ1) is 17.4. The SMILES string of the molecule is O=[N+]([O-])c1ccc(-c2nn(-c3ccccc3)cc2C=Nc2ccccc2)cc1. The van der Waals surface area contributed by atoms with Crippen LogP contribution in [0.4, 0.5) is 11.4 Å². The normalized spacial score (nSPS) is 11.0. The molecule has 4 rings (SSSR count). The van der Waals surface area contributed by atoms with Crippen molar-refractivity contribution in [1.29, 1.82) is 0 Å². The minimum atomic E-state index is -0.413. The summed E-state index contributed by atoms with van der Waals surface area (Å²) in [6.07, 6.45) is 3.66. The standard InChI is InChI=1S/C22H16N4O2/c27-26(28)21-13-11-17(12-14-21)22-18(15-23-19-7-3-1-4-8-19)16-25(24-22)20-9-5-2-6-10-20/h1-16H. The fraction of sp³-hybridized carbons (Fsp3) is 0. The monoisotopic (exact) mass is 368 g/mol. The zero-order valence-corrected chi connectivity index (χ0v) is 14.8. The summed E-state index contributed by atoms with van der Waals surface area (Å²) in [5, 5.41) is 15.6. The average molecular weight is 368 g/mol. The average Bonchev–Trinajstić information content (AvgIpc) is 3.18. The molecule has 6 heteroatoms. The molecule has 0 saturated carbocycles. The van der Waals surface area contributed by atoms with Gasteiger partial charge in [-0.05, 0) is 36.4 Å². The lowest BCUT2D eigenvalue weighted by Crippen LogP contribution is -1.94. The number of nitrogens with zero attached hydrogens (tertiary/aromatic N) is 4. The van der Waals surface area contributed by atoms with E-state index in [-0.39, 0.29) is 5.69 Å². The van der Waals surface area contributed by atoms with Crippen LogP contribution in [0.2, 0.25) is 0 Å². The Morgan fingerprint density at radius 2 is 1.54 bits per heavy atom. The molecule has 0 bridgehead atoms. The lowest BCUT2D eigenvalue weighted by Gasteiger charge is -2.00. The van der Waals surface area contributed by atoms with E-state index in [1.165, 1.54) is 12.1 Å². The van der Waals surface area contributed by atoms with Crippen molar-refractivity contribution >= 4 is 17.6 Å². The second-order valence-electron chi connectivity index (χ2n) is 6.11. The Morgan fingerprint density at radius 1 is 0.893 bits per heavy atom. The molecule has 0 atom stereocenters. The molecule has 0 N–H and O–H groups in total. The van der Waals surface area contributed by atoms with E-state index in [0.29, 0.717) is 5.69 Å². The van der Waals surface area contributed by atoms with E-state index >= 15 is 0 Å². The highest BCUT2D eigenvalue weighted by Gasteiger charge is 2.13. The third-order valence-electron chi connectivity index (χ3n) is 4.22. The molecule has 1 aromatic heterocycles. The van der Waals surface area contributed by atoms with Crippen LogP contribution in [0.25, 0.3) is 16.9 Å². The maximum atomic E-state index is 10.9. The van der Waals surface area contributed by atoms with Gasteiger partial charge >= 0.3 is 0 Å². The van der Waals surface area contributed by atoms with E-state index in [0.717, 1.165) is 22.5 Å². The maximum absolute atomic E-state index is 10.9. The van der Waals surface area contributed by atoms with Crippen LogP contribution in [0.5, 0.6) is 0 Å². The Balaban J connectivity index is 1.77. The smallest absolute Gasteiger partial charge is 0.258 e. The highest BCUT2D eigenvalue weighted by atomic mass is 16.6. The van der Waals surface area contributed by atoms with Gasteiger partial charge in [-0.2, -0.15) is 5.10 Å². The van der Waals surface area contributed by atoms with E-state index in [1.807, 2.05) is 66.9 Å². The lowest BCUT2D eigenvalue weighted by molar-refractivity contribution is -0.384. The predicted octanol–water partition coefficient (Wildman–Crippen LogP) is 5.20. The number of aliphatic imine (C=N–C) groups is 1. The van der Waals surface area contributed by atoms with E-state index < -0.39 is 4.92 Å². The molecule has 0 fully saturated rings. The van der Waals surface area contributed by atoms with Gasteiger partial charge in [-0.15, -0.1) is 0 Å². The minimum absolute atomic E-state index is 0.0470. The van der Waals surface area contributed by atoms with Gasteiger partial charge in [0, 0.05) is 35.7 Å². The quantitative estimate of drug-likeness (QED) is 0.276. The van der Waals surface area contributed by atoms with Gasteiger partial charge in [0.2, 0.25) is 0 Å². The molecule has 3 aromatic carbocycles. The van der Waals surface area contributed by atoms with Crippen molar-refractivity contribution in [2.45, 2.75) is 0 Å². The zero-order chi connectivity index (χ0) is 19.3. The molecule has 28 heavy (non-hydrogen) atoms. The van der Waals surface area contributed by atoms with Crippen LogP contribution in [-0.2, 0) is 0 Å². The molecule has 0 aliphatic carbocycles. The molecular formula is C22H16N4O2. The van der Waals surface area contributed by atoms with Crippen LogP contribution >= 0.6 is 0 Å². The fourth-order valence-corrected chi connectivity index (χ4v) is 2.82. The highest BCUT2D eigenvalue weighted by molar-refractivity contribution is 5.90. The molecule has 0 saturated heterocycles. The first-order valence-electron chi connectivity index (χ1n) is 8.70. The van der Waals surface area contributed by atoms with Crippen LogP contribution in [0.3, 0.4) is 0 Å². The van der Waals surface area contributed by atoms with E-state index in [1.54, 1.807) is 23.0 Å². The number of non-ortho nitro benzene ring substituents is 1. The first-order valence-corrected chi connectivity index (χ1v) is 8.70. The fourth-order valence-electron chi connectivity index (χ4n) is 2.82. The van der Waals surface area contributed by atoms with Crippen LogP contribution in [0.1, 0.15) is 5.56 Å². The number of benzene rings is 3. The molecule has 136 valence electrons. The van der Waals surface area contributed by atoms with E-state index in [2.05, 4.69) is 4.99 Å². The van der Waals surface area contributed by atoms with Crippen molar-refractivity contribution in [3.8, 4) is 16.9 Å². The Kier molecular flexibility index (Phi) is 4.76. The zero-order valence-electron chi connectivity index (χ0n) is 14.8.